The van der Waals surface area contributed by atoms with Crippen molar-refractivity contribution in [2.24, 2.45) is 11.1 Å². The fraction of sp³-hybridized carbons (Fsp3) is 0.588. The minimum absolute atomic E-state index is 0.205. The molecule has 2 aromatic rings. The molecular weight excluding hydrogens is 260 g/mol. The fourth-order valence-corrected chi connectivity index (χ4v) is 3.50. The van der Waals surface area contributed by atoms with Gasteiger partial charge in [0.1, 0.15) is 0 Å². The van der Waals surface area contributed by atoms with E-state index in [1.807, 2.05) is 18.7 Å². The van der Waals surface area contributed by atoms with Gasteiger partial charge in [-0.15, -0.1) is 0 Å². The zero-order chi connectivity index (χ0) is 14.9. The molecular formula is C17H26N4. The third-order valence-electron chi connectivity index (χ3n) is 4.56. The monoisotopic (exact) mass is 286 g/mol. The Morgan fingerprint density at radius 1 is 1.29 bits per heavy atom. The molecule has 1 atom stereocenters. The Bertz CT molecular complexity index is 580. The maximum Gasteiger partial charge on any atom is 0.0945 e. The molecule has 1 aliphatic carbocycles. The third kappa shape index (κ3) is 3.21. The number of hydrogen-bond donors (Lipinski definition) is 1. The lowest BCUT2D eigenvalue weighted by Crippen LogP contribution is -2.30. The highest BCUT2D eigenvalue weighted by molar-refractivity contribution is 5.30. The summed E-state index contributed by atoms with van der Waals surface area (Å²) in [6.45, 7) is 6.79. The first-order chi connectivity index (χ1) is 10.1. The van der Waals surface area contributed by atoms with Gasteiger partial charge in [-0.2, -0.15) is 0 Å². The molecule has 1 aliphatic rings. The SMILES string of the molecule is CC1(C)Cc2c(ccn2CCCCn2ccnc2)C(N)C1. The molecule has 2 aromatic heterocycles. The predicted octanol–water partition coefficient (Wildman–Crippen LogP) is 3.14. The van der Waals surface area contributed by atoms with Crippen LogP contribution in [0.15, 0.2) is 31.0 Å². The van der Waals surface area contributed by atoms with Crippen LogP contribution < -0.4 is 5.73 Å². The Labute approximate surface area is 127 Å². The summed E-state index contributed by atoms with van der Waals surface area (Å²) < 4.78 is 4.56. The zero-order valence-corrected chi connectivity index (χ0v) is 13.1. The van der Waals surface area contributed by atoms with E-state index in [1.165, 1.54) is 24.1 Å². The van der Waals surface area contributed by atoms with E-state index in [0.717, 1.165) is 25.9 Å². The van der Waals surface area contributed by atoms with Gasteiger partial charge in [0.25, 0.3) is 0 Å². The van der Waals surface area contributed by atoms with Crippen LogP contribution in [0.25, 0.3) is 0 Å². The third-order valence-corrected chi connectivity index (χ3v) is 4.56. The van der Waals surface area contributed by atoms with Crippen LogP contribution >= 0.6 is 0 Å². The van der Waals surface area contributed by atoms with Crippen LogP contribution in [-0.4, -0.2) is 14.1 Å². The molecule has 3 rings (SSSR count). The largest absolute Gasteiger partial charge is 0.351 e. The molecule has 0 aromatic carbocycles. The first kappa shape index (κ1) is 14.4. The Kier molecular flexibility index (Phi) is 3.89. The topological polar surface area (TPSA) is 48.8 Å². The standard InChI is InChI=1S/C17H26N4/c1-17(2)11-15(18)14-5-9-21(16(14)12-17)8-4-3-7-20-10-6-19-13-20/h5-6,9-10,13,15H,3-4,7-8,11-12,18H2,1-2H3. The average molecular weight is 286 g/mol. The molecule has 0 fully saturated rings. The number of aryl methyl sites for hydroxylation is 2. The molecule has 0 amide bonds. The molecule has 4 nitrogen and oxygen atoms in total. The number of rotatable bonds is 5. The molecule has 1 unspecified atom stereocenters. The Balaban J connectivity index is 1.59. The minimum atomic E-state index is 0.205. The number of aromatic nitrogens is 3. The smallest absolute Gasteiger partial charge is 0.0945 e. The summed E-state index contributed by atoms with van der Waals surface area (Å²) >= 11 is 0. The highest BCUT2D eigenvalue weighted by Crippen LogP contribution is 2.40. The van der Waals surface area contributed by atoms with Gasteiger partial charge in [0, 0.05) is 43.4 Å². The van der Waals surface area contributed by atoms with Crippen molar-refractivity contribution in [3.63, 3.8) is 0 Å². The Morgan fingerprint density at radius 2 is 2.10 bits per heavy atom. The lowest BCUT2D eigenvalue weighted by Gasteiger charge is -2.34. The second-order valence-electron chi connectivity index (χ2n) is 7.07. The van der Waals surface area contributed by atoms with Crippen molar-refractivity contribution in [1.82, 2.24) is 14.1 Å². The van der Waals surface area contributed by atoms with Crippen molar-refractivity contribution >= 4 is 0 Å². The van der Waals surface area contributed by atoms with E-state index < -0.39 is 0 Å². The summed E-state index contributed by atoms with van der Waals surface area (Å²) in [6.07, 6.45) is 12.6. The first-order valence-electron chi connectivity index (χ1n) is 7.94. The first-order valence-corrected chi connectivity index (χ1v) is 7.94. The maximum atomic E-state index is 6.33. The number of unbranched alkanes of at least 4 members (excludes halogenated alkanes) is 1. The number of fused-ring (bicyclic) bond motifs is 1. The summed E-state index contributed by atoms with van der Waals surface area (Å²) in [5, 5.41) is 0. The molecule has 4 heteroatoms. The summed E-state index contributed by atoms with van der Waals surface area (Å²) in [5.41, 5.74) is 9.47. The number of hydrogen-bond acceptors (Lipinski definition) is 2. The Hall–Kier alpha value is -1.55. The van der Waals surface area contributed by atoms with Crippen LogP contribution in [0.2, 0.25) is 0 Å². The van der Waals surface area contributed by atoms with Gasteiger partial charge < -0.3 is 14.9 Å². The maximum absolute atomic E-state index is 6.33. The van der Waals surface area contributed by atoms with Gasteiger partial charge >= 0.3 is 0 Å². The van der Waals surface area contributed by atoms with Gasteiger partial charge in [-0.05, 0) is 42.7 Å². The summed E-state index contributed by atoms with van der Waals surface area (Å²) in [5.74, 6) is 0. The second kappa shape index (κ2) is 5.68. The summed E-state index contributed by atoms with van der Waals surface area (Å²) in [6, 6.07) is 2.43. The lowest BCUT2D eigenvalue weighted by molar-refractivity contribution is 0.274. The van der Waals surface area contributed by atoms with Crippen LogP contribution in [-0.2, 0) is 19.5 Å². The van der Waals surface area contributed by atoms with Crippen molar-refractivity contribution in [2.45, 2.75) is 58.7 Å². The van der Waals surface area contributed by atoms with Gasteiger partial charge in [-0.1, -0.05) is 13.8 Å². The molecule has 2 N–H and O–H groups in total. The van der Waals surface area contributed by atoms with Crippen LogP contribution in [0.1, 0.15) is 50.4 Å². The molecule has 0 spiro atoms. The average Bonchev–Trinajstić information content (AvgIpc) is 3.03. The van der Waals surface area contributed by atoms with Crippen molar-refractivity contribution in [3.8, 4) is 0 Å². The van der Waals surface area contributed by atoms with Gasteiger partial charge in [0.2, 0.25) is 0 Å². The lowest BCUT2D eigenvalue weighted by atomic mass is 9.74. The molecule has 2 heterocycles. The molecule has 21 heavy (non-hydrogen) atoms. The molecule has 0 aliphatic heterocycles. The van der Waals surface area contributed by atoms with Crippen LogP contribution in [0, 0.1) is 5.41 Å². The summed E-state index contributed by atoms with van der Waals surface area (Å²) in [7, 11) is 0. The normalized spacial score (nSPS) is 20.4. The molecule has 0 radical (unpaired) electrons. The van der Waals surface area contributed by atoms with E-state index in [2.05, 4.69) is 40.2 Å². The van der Waals surface area contributed by atoms with Crippen molar-refractivity contribution in [2.75, 3.05) is 0 Å². The van der Waals surface area contributed by atoms with Gasteiger partial charge in [-0.25, -0.2) is 4.98 Å². The minimum Gasteiger partial charge on any atom is -0.351 e. The fourth-order valence-electron chi connectivity index (χ4n) is 3.50. The molecule has 0 saturated heterocycles. The molecule has 0 saturated carbocycles. The van der Waals surface area contributed by atoms with Crippen LogP contribution in [0.4, 0.5) is 0 Å². The molecule has 114 valence electrons. The van der Waals surface area contributed by atoms with E-state index in [1.54, 1.807) is 0 Å². The quantitative estimate of drug-likeness (QED) is 0.858. The second-order valence-corrected chi connectivity index (χ2v) is 7.07. The highest BCUT2D eigenvalue weighted by atomic mass is 15.0. The van der Waals surface area contributed by atoms with Gasteiger partial charge in [-0.3, -0.25) is 0 Å². The van der Waals surface area contributed by atoms with E-state index in [0.29, 0.717) is 5.41 Å². The van der Waals surface area contributed by atoms with Gasteiger partial charge in [0.05, 0.1) is 6.33 Å². The summed E-state index contributed by atoms with van der Waals surface area (Å²) in [4.78, 5) is 4.08. The van der Waals surface area contributed by atoms with E-state index in [-0.39, 0.29) is 6.04 Å². The van der Waals surface area contributed by atoms with E-state index >= 15 is 0 Å². The number of imidazole rings is 1. The molecule has 0 bridgehead atoms. The van der Waals surface area contributed by atoms with Crippen LogP contribution in [0.3, 0.4) is 0 Å². The Morgan fingerprint density at radius 3 is 2.86 bits per heavy atom. The van der Waals surface area contributed by atoms with E-state index in [9.17, 15) is 0 Å². The van der Waals surface area contributed by atoms with Crippen molar-refractivity contribution in [1.29, 1.82) is 0 Å². The van der Waals surface area contributed by atoms with Crippen LogP contribution in [0.5, 0.6) is 0 Å². The zero-order valence-electron chi connectivity index (χ0n) is 13.1. The van der Waals surface area contributed by atoms with Crippen molar-refractivity contribution in [3.05, 3.63) is 42.2 Å². The van der Waals surface area contributed by atoms with E-state index in [4.69, 9.17) is 5.73 Å². The highest BCUT2D eigenvalue weighted by Gasteiger charge is 2.32. The number of nitrogens with two attached hydrogens (primary N) is 1. The predicted molar refractivity (Wildman–Crippen MR) is 84.9 cm³/mol. The number of nitrogens with zero attached hydrogens (tertiary/aromatic N) is 3. The van der Waals surface area contributed by atoms with Crippen molar-refractivity contribution < 1.29 is 0 Å². The van der Waals surface area contributed by atoms with Gasteiger partial charge in [0.15, 0.2) is 0 Å².